The van der Waals surface area contributed by atoms with Gasteiger partial charge in [-0.25, -0.2) is 0 Å². The number of aliphatic hydroxyl groups excluding tert-OH is 1. The summed E-state index contributed by atoms with van der Waals surface area (Å²) in [4.78, 5) is 0. The van der Waals surface area contributed by atoms with Crippen LogP contribution in [0, 0.1) is 5.92 Å². The summed E-state index contributed by atoms with van der Waals surface area (Å²) in [5, 5.41) is 10.1. The van der Waals surface area contributed by atoms with Crippen molar-refractivity contribution >= 4 is 8.32 Å². The third kappa shape index (κ3) is 4.32. The Labute approximate surface area is 108 Å². The molecule has 0 aliphatic rings. The smallest absolute Gasteiger partial charge is 0.250 e. The Kier molecular flexibility index (Phi) is 5.23. The summed E-state index contributed by atoms with van der Waals surface area (Å²) in [5.74, 6) is 0.564. The van der Waals surface area contributed by atoms with Crippen molar-refractivity contribution in [1.82, 2.24) is 0 Å². The Morgan fingerprint density at radius 2 is 1.65 bits per heavy atom. The van der Waals surface area contributed by atoms with Crippen molar-refractivity contribution in [2.45, 2.75) is 58.9 Å². The Morgan fingerprint density at radius 1 is 1.24 bits per heavy atom. The topological polar surface area (TPSA) is 29.5 Å². The molecule has 0 rings (SSSR count). The van der Waals surface area contributed by atoms with Crippen molar-refractivity contribution in [3.8, 4) is 0 Å². The average molecular weight is 256 g/mol. The van der Waals surface area contributed by atoms with E-state index in [1.165, 1.54) is 0 Å². The van der Waals surface area contributed by atoms with E-state index in [0.717, 1.165) is 5.57 Å². The predicted molar refractivity (Wildman–Crippen MR) is 77.4 cm³/mol. The molecule has 0 spiro atoms. The van der Waals surface area contributed by atoms with Crippen LogP contribution in [-0.2, 0) is 4.43 Å². The maximum absolute atomic E-state index is 9.94. The summed E-state index contributed by atoms with van der Waals surface area (Å²) >= 11 is 0. The van der Waals surface area contributed by atoms with Gasteiger partial charge in [0.1, 0.15) is 0 Å². The first-order chi connectivity index (χ1) is 7.40. The van der Waals surface area contributed by atoms with Crippen LogP contribution in [0.2, 0.25) is 18.1 Å². The fourth-order valence-electron chi connectivity index (χ4n) is 1.18. The first-order valence-electron chi connectivity index (χ1n) is 6.11. The molecular formula is C14H28O2Si. The Bertz CT molecular complexity index is 300. The number of rotatable bonds is 5. The zero-order valence-corrected chi connectivity index (χ0v) is 13.4. The highest BCUT2D eigenvalue weighted by molar-refractivity contribution is 6.74. The standard InChI is InChI=1S/C14H28O2Si/c1-10(2)13(15)11(3)12(4)16-17(8,9)14(5,6)7/h11,13,15H,1,4H2,2-3,5-9H3/t11-,13+/m0/s1. The number of aliphatic hydroxyl groups is 1. The van der Waals surface area contributed by atoms with E-state index >= 15 is 0 Å². The van der Waals surface area contributed by atoms with E-state index in [1.807, 2.05) is 13.8 Å². The van der Waals surface area contributed by atoms with Crippen molar-refractivity contribution in [2.24, 2.45) is 5.92 Å². The lowest BCUT2D eigenvalue weighted by Crippen LogP contribution is -2.41. The van der Waals surface area contributed by atoms with Crippen molar-refractivity contribution in [1.29, 1.82) is 0 Å². The quantitative estimate of drug-likeness (QED) is 0.456. The van der Waals surface area contributed by atoms with Crippen LogP contribution in [0.3, 0.4) is 0 Å². The van der Waals surface area contributed by atoms with Gasteiger partial charge in [-0.1, -0.05) is 46.4 Å². The fraction of sp³-hybridized carbons (Fsp3) is 0.714. The molecule has 0 aromatic rings. The molecule has 0 fully saturated rings. The van der Waals surface area contributed by atoms with E-state index in [1.54, 1.807) is 0 Å². The average Bonchev–Trinajstić information content (AvgIpc) is 2.12. The zero-order valence-electron chi connectivity index (χ0n) is 12.4. The van der Waals surface area contributed by atoms with Gasteiger partial charge in [0.2, 0.25) is 8.32 Å². The highest BCUT2D eigenvalue weighted by Crippen LogP contribution is 2.39. The summed E-state index contributed by atoms with van der Waals surface area (Å²) in [6, 6.07) is 0. The van der Waals surface area contributed by atoms with Crippen LogP contribution in [0.4, 0.5) is 0 Å². The number of hydrogen-bond acceptors (Lipinski definition) is 2. The van der Waals surface area contributed by atoms with Gasteiger partial charge in [-0.15, -0.1) is 0 Å². The molecule has 0 aliphatic heterocycles. The summed E-state index contributed by atoms with van der Waals surface area (Å²) < 4.78 is 6.08. The third-order valence-electron chi connectivity index (χ3n) is 3.68. The molecule has 0 saturated heterocycles. The van der Waals surface area contributed by atoms with Gasteiger partial charge in [0.05, 0.1) is 11.9 Å². The van der Waals surface area contributed by atoms with E-state index in [9.17, 15) is 5.11 Å². The van der Waals surface area contributed by atoms with E-state index in [-0.39, 0.29) is 11.0 Å². The van der Waals surface area contributed by atoms with Crippen LogP contribution in [-0.4, -0.2) is 19.5 Å². The highest BCUT2D eigenvalue weighted by Gasteiger charge is 2.40. The van der Waals surface area contributed by atoms with Crippen LogP contribution in [0.15, 0.2) is 24.5 Å². The molecule has 0 radical (unpaired) electrons. The van der Waals surface area contributed by atoms with Gasteiger partial charge in [0.15, 0.2) is 0 Å². The molecule has 3 heteroatoms. The highest BCUT2D eigenvalue weighted by atomic mass is 28.4. The lowest BCUT2D eigenvalue weighted by molar-refractivity contribution is 0.143. The van der Waals surface area contributed by atoms with Gasteiger partial charge in [-0.3, -0.25) is 0 Å². The maximum Gasteiger partial charge on any atom is 0.250 e. The second-order valence-corrected chi connectivity index (χ2v) is 11.1. The molecule has 2 atom stereocenters. The molecule has 0 amide bonds. The van der Waals surface area contributed by atoms with Crippen molar-refractivity contribution in [3.05, 3.63) is 24.5 Å². The molecule has 2 nitrogen and oxygen atoms in total. The molecule has 0 aromatic heterocycles. The van der Waals surface area contributed by atoms with Gasteiger partial charge in [0, 0.05) is 5.92 Å². The Morgan fingerprint density at radius 3 is 1.94 bits per heavy atom. The van der Waals surface area contributed by atoms with Crippen LogP contribution in [0.25, 0.3) is 0 Å². The lowest BCUT2D eigenvalue weighted by Gasteiger charge is -2.38. The van der Waals surface area contributed by atoms with Crippen LogP contribution in [0.1, 0.15) is 34.6 Å². The van der Waals surface area contributed by atoms with Crippen molar-refractivity contribution in [3.63, 3.8) is 0 Å². The molecular weight excluding hydrogens is 228 g/mol. The van der Waals surface area contributed by atoms with Gasteiger partial charge in [-0.2, -0.15) is 0 Å². The van der Waals surface area contributed by atoms with Gasteiger partial charge in [-0.05, 0) is 25.1 Å². The first kappa shape index (κ1) is 16.5. The van der Waals surface area contributed by atoms with Crippen LogP contribution < -0.4 is 0 Å². The second kappa shape index (κ2) is 5.40. The van der Waals surface area contributed by atoms with Gasteiger partial charge in [0.25, 0.3) is 0 Å². The summed E-state index contributed by atoms with van der Waals surface area (Å²) in [6.45, 7) is 22.4. The predicted octanol–water partition coefficient (Wildman–Crippen LogP) is 4.10. The van der Waals surface area contributed by atoms with E-state index < -0.39 is 14.4 Å². The SMILES string of the molecule is C=C(C)[C@@H](O)[C@@H](C)C(=C)O[Si](C)(C)C(C)(C)C. The van der Waals surface area contributed by atoms with E-state index in [0.29, 0.717) is 5.76 Å². The largest absolute Gasteiger partial charge is 0.547 e. The lowest BCUT2D eigenvalue weighted by atomic mass is 9.98. The second-order valence-electron chi connectivity index (χ2n) is 6.41. The Hall–Kier alpha value is -0.543. The van der Waals surface area contributed by atoms with Crippen LogP contribution >= 0.6 is 0 Å². The van der Waals surface area contributed by atoms with Gasteiger partial charge < -0.3 is 9.53 Å². The third-order valence-corrected chi connectivity index (χ3v) is 8.06. The first-order valence-corrected chi connectivity index (χ1v) is 9.02. The molecule has 0 aromatic carbocycles. The molecule has 1 N–H and O–H groups in total. The summed E-state index contributed by atoms with van der Waals surface area (Å²) in [6.07, 6.45) is -0.577. The summed E-state index contributed by atoms with van der Waals surface area (Å²) in [7, 11) is -1.85. The summed E-state index contributed by atoms with van der Waals surface area (Å²) in [5.41, 5.74) is 0.748. The number of hydrogen-bond donors (Lipinski definition) is 1. The minimum absolute atomic E-state index is 0.110. The van der Waals surface area contributed by atoms with Crippen molar-refractivity contribution < 1.29 is 9.53 Å². The molecule has 0 bridgehead atoms. The maximum atomic E-state index is 9.94. The minimum atomic E-state index is -1.85. The van der Waals surface area contributed by atoms with Crippen LogP contribution in [0.5, 0.6) is 0 Å². The fourth-order valence-corrected chi connectivity index (χ4v) is 2.32. The zero-order chi connectivity index (χ0) is 14.0. The molecule has 0 saturated carbocycles. The van der Waals surface area contributed by atoms with Crippen molar-refractivity contribution in [2.75, 3.05) is 0 Å². The van der Waals surface area contributed by atoms with Gasteiger partial charge >= 0.3 is 0 Å². The van der Waals surface area contributed by atoms with E-state index in [2.05, 4.69) is 47.0 Å². The normalized spacial score (nSPS) is 16.2. The minimum Gasteiger partial charge on any atom is -0.547 e. The Balaban J connectivity index is 4.72. The molecule has 100 valence electrons. The molecule has 17 heavy (non-hydrogen) atoms. The van der Waals surface area contributed by atoms with E-state index in [4.69, 9.17) is 4.43 Å². The molecule has 0 aliphatic carbocycles. The monoisotopic (exact) mass is 256 g/mol. The molecule has 0 unspecified atom stereocenters. The molecule has 0 heterocycles.